The van der Waals surface area contributed by atoms with Crippen molar-refractivity contribution in [1.29, 1.82) is 0 Å². The maximum atomic E-state index is 13.4. The van der Waals surface area contributed by atoms with E-state index in [1.54, 1.807) is 4.57 Å². The van der Waals surface area contributed by atoms with E-state index in [9.17, 15) is 22.3 Å². The molecule has 6 rings (SSSR count). The van der Waals surface area contributed by atoms with E-state index < -0.39 is 57.6 Å². The molecule has 2 fully saturated rings. The largest absolute Gasteiger partial charge is 0.418 e. The normalized spacial score (nSPS) is 26.4. The lowest BCUT2D eigenvalue weighted by Gasteiger charge is -2.22. The lowest BCUT2D eigenvalue weighted by molar-refractivity contribution is -0.136. The monoisotopic (exact) mass is 680 g/mol. The van der Waals surface area contributed by atoms with Gasteiger partial charge in [-0.15, -0.1) is 5.10 Å². The fraction of sp³-hybridized carbons (Fsp3) is 0.500. The Morgan fingerprint density at radius 1 is 1.16 bits per heavy atom. The highest BCUT2D eigenvalue weighted by Gasteiger charge is 2.43. The summed E-state index contributed by atoms with van der Waals surface area (Å²) in [5.74, 6) is 0.158. The van der Waals surface area contributed by atoms with Crippen molar-refractivity contribution in [3.63, 3.8) is 0 Å². The van der Waals surface area contributed by atoms with Crippen molar-refractivity contribution in [2.45, 2.75) is 56.2 Å². The first kappa shape index (κ1) is 31.3. The SMILES string of the molecule is Nc1ncnc2c1ncn2[C@H]1C[C@H](O[P@](=O)(S)OC[C@@H]2CC[C@H](n3nnc4c(C(F)(F)F)cccc43)O2)[C@@H](CO[PH](=O)O)O1. The van der Waals surface area contributed by atoms with E-state index in [0.717, 1.165) is 6.07 Å². The zero-order valence-electron chi connectivity index (χ0n) is 22.4. The molecule has 1 aromatic carbocycles. The van der Waals surface area contributed by atoms with Crippen molar-refractivity contribution in [1.82, 2.24) is 34.5 Å². The highest BCUT2D eigenvalue weighted by Crippen LogP contribution is 2.56. The number of nitrogen functional groups attached to an aromatic ring is 1. The number of rotatable bonds is 10. The van der Waals surface area contributed by atoms with Gasteiger partial charge in [0.05, 0.1) is 36.7 Å². The van der Waals surface area contributed by atoms with Gasteiger partial charge in [0.15, 0.2) is 17.7 Å². The van der Waals surface area contributed by atoms with E-state index in [1.165, 1.54) is 29.5 Å². The summed E-state index contributed by atoms with van der Waals surface area (Å²) in [5, 5.41) is 7.58. The number of anilines is 1. The molecule has 3 aromatic heterocycles. The van der Waals surface area contributed by atoms with Crippen LogP contribution in [0.25, 0.3) is 22.2 Å². The van der Waals surface area contributed by atoms with Gasteiger partial charge in [0.25, 0.3) is 0 Å². The second kappa shape index (κ2) is 12.3. The van der Waals surface area contributed by atoms with Gasteiger partial charge in [-0.25, -0.2) is 24.2 Å². The molecular weight excluding hydrogens is 655 g/mol. The van der Waals surface area contributed by atoms with Gasteiger partial charge in [0.2, 0.25) is 0 Å². The number of ether oxygens (including phenoxy) is 2. The molecule has 1 unspecified atom stereocenters. The van der Waals surface area contributed by atoms with Gasteiger partial charge < -0.3 is 24.6 Å². The molecule has 16 nitrogen and oxygen atoms in total. The number of hydrogen-bond donors (Lipinski definition) is 3. The molecule has 44 heavy (non-hydrogen) atoms. The van der Waals surface area contributed by atoms with Crippen LogP contribution >= 0.6 is 27.3 Å². The van der Waals surface area contributed by atoms with Crippen molar-refractivity contribution in [3.8, 4) is 0 Å². The maximum absolute atomic E-state index is 13.4. The highest BCUT2D eigenvalue weighted by atomic mass is 32.7. The number of benzene rings is 1. The van der Waals surface area contributed by atoms with Crippen LogP contribution in [-0.2, 0) is 38.4 Å². The number of imidazole rings is 1. The van der Waals surface area contributed by atoms with Crippen molar-refractivity contribution in [2.75, 3.05) is 18.9 Å². The summed E-state index contributed by atoms with van der Waals surface area (Å²) in [4.78, 5) is 21.4. The number of nitrogens with zero attached hydrogens (tertiary/aromatic N) is 7. The minimum atomic E-state index is -4.60. The summed E-state index contributed by atoms with van der Waals surface area (Å²) in [5.41, 5.74) is 5.53. The van der Waals surface area contributed by atoms with Crippen molar-refractivity contribution in [3.05, 3.63) is 36.4 Å². The van der Waals surface area contributed by atoms with Gasteiger partial charge in [-0.1, -0.05) is 23.5 Å². The third kappa shape index (κ3) is 6.49. The van der Waals surface area contributed by atoms with Crippen LogP contribution in [0.5, 0.6) is 0 Å². The smallest absolute Gasteiger partial charge is 0.382 e. The van der Waals surface area contributed by atoms with Crippen LogP contribution in [0.4, 0.5) is 19.0 Å². The second-order valence-corrected chi connectivity index (χ2v) is 13.6. The van der Waals surface area contributed by atoms with E-state index in [4.69, 9.17) is 33.7 Å². The molecule has 0 spiro atoms. The van der Waals surface area contributed by atoms with Crippen molar-refractivity contribution in [2.24, 2.45) is 0 Å². The average Bonchev–Trinajstić information content (AvgIpc) is 3.75. The van der Waals surface area contributed by atoms with Crippen LogP contribution in [0.2, 0.25) is 0 Å². The minimum absolute atomic E-state index is 0.0882. The molecule has 4 aromatic rings. The van der Waals surface area contributed by atoms with Gasteiger partial charge >= 0.3 is 21.2 Å². The zero-order valence-corrected chi connectivity index (χ0v) is 25.1. The number of fused-ring (bicyclic) bond motifs is 2. The van der Waals surface area contributed by atoms with E-state index in [2.05, 4.69) is 37.5 Å². The molecular formula is C22H25F3N8O8P2S. The minimum Gasteiger partial charge on any atom is -0.382 e. The van der Waals surface area contributed by atoms with Gasteiger partial charge in [-0.3, -0.25) is 18.2 Å². The van der Waals surface area contributed by atoms with E-state index >= 15 is 0 Å². The van der Waals surface area contributed by atoms with Crippen molar-refractivity contribution < 1.29 is 50.2 Å². The van der Waals surface area contributed by atoms with Crippen LogP contribution in [0.3, 0.4) is 0 Å². The van der Waals surface area contributed by atoms with Gasteiger partial charge in [-0.05, 0) is 25.0 Å². The molecule has 3 N–H and O–H groups in total. The number of thiol groups is 1. The Morgan fingerprint density at radius 2 is 1.98 bits per heavy atom. The summed E-state index contributed by atoms with van der Waals surface area (Å²) in [7, 11) is -3.31. The van der Waals surface area contributed by atoms with Crippen LogP contribution < -0.4 is 5.73 Å². The first-order chi connectivity index (χ1) is 20.9. The summed E-state index contributed by atoms with van der Waals surface area (Å²) in [6.45, 7) is -4.64. The summed E-state index contributed by atoms with van der Waals surface area (Å²) in [6, 6.07) is 3.66. The Balaban J connectivity index is 1.10. The van der Waals surface area contributed by atoms with Crippen LogP contribution in [0.1, 0.15) is 37.3 Å². The predicted octanol–water partition coefficient (Wildman–Crippen LogP) is 3.68. The number of halogens is 3. The Labute approximate surface area is 251 Å². The summed E-state index contributed by atoms with van der Waals surface area (Å²) in [6.07, 6.45) is -5.02. The molecule has 5 heterocycles. The van der Waals surface area contributed by atoms with Crippen LogP contribution in [0, 0.1) is 0 Å². The number of alkyl halides is 3. The zero-order chi connectivity index (χ0) is 31.2. The molecule has 2 aliphatic rings. The summed E-state index contributed by atoms with van der Waals surface area (Å²) >= 11 is 4.09. The quantitative estimate of drug-likeness (QED) is 0.162. The third-order valence-electron chi connectivity index (χ3n) is 7.11. The highest BCUT2D eigenvalue weighted by molar-refractivity contribution is 8.44. The molecule has 0 aliphatic carbocycles. The topological polar surface area (TPSA) is 201 Å². The summed E-state index contributed by atoms with van der Waals surface area (Å²) < 4.78 is 95.4. The van der Waals surface area contributed by atoms with Gasteiger partial charge in [0.1, 0.15) is 35.8 Å². The molecule has 238 valence electrons. The lowest BCUT2D eigenvalue weighted by atomic mass is 10.1. The Kier molecular flexibility index (Phi) is 8.73. The molecule has 2 aliphatic heterocycles. The molecule has 0 saturated carbocycles. The average molecular weight is 680 g/mol. The predicted molar refractivity (Wildman–Crippen MR) is 149 cm³/mol. The molecule has 0 bridgehead atoms. The van der Waals surface area contributed by atoms with E-state index in [0.29, 0.717) is 24.0 Å². The number of nitrogens with two attached hydrogens (primary N) is 1. The fourth-order valence-electron chi connectivity index (χ4n) is 5.14. The van der Waals surface area contributed by atoms with E-state index in [-0.39, 0.29) is 36.5 Å². The van der Waals surface area contributed by atoms with Crippen molar-refractivity contribution >= 4 is 55.3 Å². The molecule has 7 atom stereocenters. The molecule has 0 radical (unpaired) electrons. The Bertz CT molecular complexity index is 1740. The fourth-order valence-corrected chi connectivity index (χ4v) is 6.99. The Hall–Kier alpha value is -2.67. The van der Waals surface area contributed by atoms with Gasteiger partial charge in [0, 0.05) is 6.42 Å². The second-order valence-electron chi connectivity index (χ2n) is 9.93. The molecule has 2 saturated heterocycles. The van der Waals surface area contributed by atoms with Crippen LogP contribution in [0.15, 0.2) is 30.9 Å². The maximum Gasteiger partial charge on any atom is 0.418 e. The Morgan fingerprint density at radius 3 is 2.75 bits per heavy atom. The van der Waals surface area contributed by atoms with Crippen LogP contribution in [-0.4, -0.2) is 70.9 Å². The van der Waals surface area contributed by atoms with E-state index in [1.807, 2.05) is 0 Å². The molecule has 22 heteroatoms. The number of aromatic nitrogens is 7. The van der Waals surface area contributed by atoms with Gasteiger partial charge in [-0.2, -0.15) is 13.2 Å². The first-order valence-corrected chi connectivity index (χ1v) is 17.0. The first-order valence-electron chi connectivity index (χ1n) is 13.1. The lowest BCUT2D eigenvalue weighted by Crippen LogP contribution is -2.27. The molecule has 0 amide bonds. The third-order valence-corrected chi connectivity index (χ3v) is 9.16. The number of hydrogen-bond acceptors (Lipinski definition) is 13. The standard InChI is InChI=1S/C22H25F3N8O8P2S/c23-22(24,25)12-2-1-3-13-18(12)30-31-33(13)16-5-4-11(39-16)7-38-43(36,44)41-14-6-17(40-15(14)8-37-42(34)35)32-10-29-19-20(26)27-9-28-21(19)32/h1-3,9-11,14-17,42H,4-8H2,(H,34,35)(H,36,44)(H2,26,27,28)/t11-,14-,15+,16+,17+,43+/m0/s1.